The summed E-state index contributed by atoms with van der Waals surface area (Å²) in [6.45, 7) is 3.88. The summed E-state index contributed by atoms with van der Waals surface area (Å²) in [5.74, 6) is 0. The van der Waals surface area contributed by atoms with Crippen molar-refractivity contribution in [1.82, 2.24) is 5.32 Å². The van der Waals surface area contributed by atoms with Crippen molar-refractivity contribution in [3.05, 3.63) is 0 Å². The van der Waals surface area contributed by atoms with Gasteiger partial charge in [0.25, 0.3) is 0 Å². The van der Waals surface area contributed by atoms with Gasteiger partial charge in [-0.25, -0.2) is 0 Å². The van der Waals surface area contributed by atoms with Crippen molar-refractivity contribution in [2.45, 2.75) is 13.3 Å². The monoisotopic (exact) mass is 167 g/mol. The van der Waals surface area contributed by atoms with E-state index in [9.17, 15) is 4.21 Å². The van der Waals surface area contributed by atoms with E-state index in [-0.39, 0.29) is 6.61 Å². The number of hydrogen-bond acceptors (Lipinski definition) is 3. The molecule has 2 N–H and O–H groups in total. The average Bonchev–Trinajstić information content (AvgIpc) is 1.87. The van der Waals surface area contributed by atoms with Gasteiger partial charge in [-0.1, -0.05) is 6.92 Å². The molecular formula is C5H13NO3S. The minimum absolute atomic E-state index is 0.281. The van der Waals surface area contributed by atoms with Gasteiger partial charge in [-0.2, -0.15) is 4.21 Å². The first kappa shape index (κ1) is 10.0. The smallest absolute Gasteiger partial charge is 0.301 e. The molecule has 10 heavy (non-hydrogen) atoms. The van der Waals surface area contributed by atoms with Crippen molar-refractivity contribution in [2.24, 2.45) is 0 Å². The van der Waals surface area contributed by atoms with Crippen molar-refractivity contribution in [2.75, 3.05) is 19.7 Å². The Morgan fingerprint density at radius 2 is 2.30 bits per heavy atom. The molecule has 0 saturated carbocycles. The number of nitrogens with one attached hydrogen (secondary N) is 1. The first-order chi connectivity index (χ1) is 4.77. The van der Waals surface area contributed by atoms with Crippen LogP contribution >= 0.6 is 0 Å². The van der Waals surface area contributed by atoms with Gasteiger partial charge in [0.05, 0.1) is 6.61 Å². The van der Waals surface area contributed by atoms with Crippen LogP contribution in [0, 0.1) is 0 Å². The van der Waals surface area contributed by atoms with E-state index in [2.05, 4.69) is 16.4 Å². The topological polar surface area (TPSA) is 58.6 Å². The fourth-order valence-corrected chi connectivity index (χ4v) is 0.713. The van der Waals surface area contributed by atoms with E-state index in [1.807, 2.05) is 0 Å². The quantitative estimate of drug-likeness (QED) is 0.436. The van der Waals surface area contributed by atoms with Gasteiger partial charge in [-0.3, -0.25) is 8.74 Å². The molecule has 0 aromatic rings. The minimum atomic E-state index is -2.11. The third-order valence-electron chi connectivity index (χ3n) is 0.890. The van der Waals surface area contributed by atoms with Crippen LogP contribution in [-0.2, 0) is 15.5 Å². The molecule has 62 valence electrons. The molecule has 0 amide bonds. The predicted molar refractivity (Wildman–Crippen MR) is 39.9 cm³/mol. The van der Waals surface area contributed by atoms with Crippen LogP contribution in [-0.4, -0.2) is 28.5 Å². The Hall–Kier alpha value is 0.0300. The summed E-state index contributed by atoms with van der Waals surface area (Å²) >= 11 is -2.11. The molecule has 1 unspecified atom stereocenters. The lowest BCUT2D eigenvalue weighted by Gasteiger charge is -1.99. The zero-order valence-corrected chi connectivity index (χ0v) is 6.82. The fraction of sp³-hybridized carbons (Fsp3) is 1.00. The Bertz CT molecular complexity index is 98.9. The van der Waals surface area contributed by atoms with Gasteiger partial charge in [0.2, 0.25) is 0 Å². The van der Waals surface area contributed by atoms with Gasteiger partial charge in [0.1, 0.15) is 0 Å². The van der Waals surface area contributed by atoms with E-state index in [4.69, 9.17) is 4.55 Å². The maximum atomic E-state index is 9.89. The molecule has 0 heterocycles. The van der Waals surface area contributed by atoms with Crippen molar-refractivity contribution < 1.29 is 12.9 Å². The van der Waals surface area contributed by atoms with Gasteiger partial charge >= 0.3 is 11.4 Å². The Morgan fingerprint density at radius 1 is 1.60 bits per heavy atom. The first-order valence-electron chi connectivity index (χ1n) is 3.22. The fourth-order valence-electron chi connectivity index (χ4n) is 0.487. The molecule has 1 atom stereocenters. The lowest BCUT2D eigenvalue weighted by Crippen LogP contribution is -2.20. The summed E-state index contributed by atoms with van der Waals surface area (Å²) in [5, 5.41) is 3.02. The summed E-state index contributed by atoms with van der Waals surface area (Å²) < 4.78 is 22.4. The molecule has 0 rings (SSSR count). The molecule has 4 nitrogen and oxygen atoms in total. The summed E-state index contributed by atoms with van der Waals surface area (Å²) in [6.07, 6.45) is 1.06. The maximum absolute atomic E-state index is 9.89. The molecule has 0 aromatic heterocycles. The van der Waals surface area contributed by atoms with Crippen LogP contribution in [0.4, 0.5) is 0 Å². The van der Waals surface area contributed by atoms with Crippen molar-refractivity contribution in [3.63, 3.8) is 0 Å². The van der Waals surface area contributed by atoms with Crippen LogP contribution in [0.25, 0.3) is 0 Å². The average molecular weight is 167 g/mol. The van der Waals surface area contributed by atoms with Crippen LogP contribution in [0.5, 0.6) is 0 Å². The first-order valence-corrected chi connectivity index (χ1v) is 4.25. The SMILES string of the molecule is CCCNCCOS(=O)O. The third kappa shape index (κ3) is 8.03. The third-order valence-corrected chi connectivity index (χ3v) is 1.26. The van der Waals surface area contributed by atoms with E-state index < -0.39 is 11.4 Å². The van der Waals surface area contributed by atoms with E-state index in [0.29, 0.717) is 6.54 Å². The van der Waals surface area contributed by atoms with Gasteiger partial charge in [-0.15, -0.1) is 0 Å². The zero-order valence-electron chi connectivity index (χ0n) is 6.00. The molecule has 0 radical (unpaired) electrons. The lowest BCUT2D eigenvalue weighted by molar-refractivity contribution is 0.304. The van der Waals surface area contributed by atoms with Crippen LogP contribution in [0.3, 0.4) is 0 Å². The maximum Gasteiger partial charge on any atom is 0.301 e. The second-order valence-electron chi connectivity index (χ2n) is 1.79. The van der Waals surface area contributed by atoms with Crippen molar-refractivity contribution in [1.29, 1.82) is 0 Å². The van der Waals surface area contributed by atoms with Gasteiger partial charge in [0, 0.05) is 6.54 Å². The van der Waals surface area contributed by atoms with Crippen LogP contribution < -0.4 is 5.32 Å². The van der Waals surface area contributed by atoms with Crippen LogP contribution in [0.15, 0.2) is 0 Å². The Labute approximate surface area is 63.4 Å². The Morgan fingerprint density at radius 3 is 2.80 bits per heavy atom. The second kappa shape index (κ2) is 7.14. The Kier molecular flexibility index (Phi) is 7.16. The zero-order chi connectivity index (χ0) is 7.82. The van der Waals surface area contributed by atoms with Crippen molar-refractivity contribution in [3.8, 4) is 0 Å². The highest BCUT2D eigenvalue weighted by atomic mass is 32.2. The minimum Gasteiger partial charge on any atom is -0.314 e. The van der Waals surface area contributed by atoms with E-state index >= 15 is 0 Å². The lowest BCUT2D eigenvalue weighted by atomic mass is 10.5. The molecule has 0 saturated heterocycles. The molecule has 0 aromatic carbocycles. The molecule has 0 aliphatic rings. The normalized spacial score (nSPS) is 13.4. The summed E-state index contributed by atoms with van der Waals surface area (Å²) in [6, 6.07) is 0. The van der Waals surface area contributed by atoms with E-state index in [0.717, 1.165) is 13.0 Å². The predicted octanol–water partition coefficient (Wildman–Crippen LogP) is 0.139. The largest absolute Gasteiger partial charge is 0.314 e. The van der Waals surface area contributed by atoms with Crippen LogP contribution in [0.1, 0.15) is 13.3 Å². The highest BCUT2D eigenvalue weighted by molar-refractivity contribution is 7.74. The Balaban J connectivity index is 2.84. The highest BCUT2D eigenvalue weighted by Gasteiger charge is 1.90. The van der Waals surface area contributed by atoms with Gasteiger partial charge in [0.15, 0.2) is 0 Å². The second-order valence-corrected chi connectivity index (χ2v) is 2.46. The molecule has 5 heteroatoms. The number of rotatable bonds is 6. The van der Waals surface area contributed by atoms with Crippen molar-refractivity contribution >= 4 is 11.4 Å². The van der Waals surface area contributed by atoms with Gasteiger partial charge in [-0.05, 0) is 13.0 Å². The molecule has 0 aliphatic carbocycles. The highest BCUT2D eigenvalue weighted by Crippen LogP contribution is 1.76. The molecular weight excluding hydrogens is 154 g/mol. The summed E-state index contributed by atoms with van der Waals surface area (Å²) in [7, 11) is 0. The molecule has 0 fully saturated rings. The van der Waals surface area contributed by atoms with Gasteiger partial charge < -0.3 is 5.32 Å². The molecule has 0 bridgehead atoms. The number of hydrogen-bond donors (Lipinski definition) is 2. The van der Waals surface area contributed by atoms with E-state index in [1.165, 1.54) is 0 Å². The molecule has 0 aliphatic heterocycles. The van der Waals surface area contributed by atoms with Crippen LogP contribution in [0.2, 0.25) is 0 Å². The summed E-state index contributed by atoms with van der Waals surface area (Å²) in [4.78, 5) is 0. The standard InChI is InChI=1S/C5H13NO3S/c1-2-3-6-4-5-9-10(7)8/h6H,2-5H2,1H3,(H,7,8). The van der Waals surface area contributed by atoms with E-state index in [1.54, 1.807) is 0 Å². The molecule has 0 spiro atoms. The summed E-state index contributed by atoms with van der Waals surface area (Å²) in [5.41, 5.74) is 0.